The van der Waals surface area contributed by atoms with E-state index >= 15 is 0 Å². The van der Waals surface area contributed by atoms with Crippen molar-refractivity contribution in [2.75, 3.05) is 12.1 Å². The molecule has 0 radical (unpaired) electrons. The molecule has 1 heterocycles. The molecule has 3 N–H and O–H groups in total. The third-order valence-electron chi connectivity index (χ3n) is 3.38. The predicted octanol–water partition coefficient (Wildman–Crippen LogP) is 2.13. The highest BCUT2D eigenvalue weighted by molar-refractivity contribution is 6.34. The summed E-state index contributed by atoms with van der Waals surface area (Å²) in [4.78, 5) is 11.9. The Labute approximate surface area is 116 Å². The van der Waals surface area contributed by atoms with Gasteiger partial charge in [-0.25, -0.2) is 0 Å². The number of carbonyl (C=O) groups excluding carboxylic acids is 1. The molecule has 1 unspecified atom stereocenters. The number of anilines is 1. The molecule has 0 bridgehead atoms. The van der Waals surface area contributed by atoms with E-state index < -0.39 is 0 Å². The highest BCUT2D eigenvalue weighted by Gasteiger charge is 2.30. The number of hydrogen-bond donors (Lipinski definition) is 2. The average Bonchev–Trinajstić information content (AvgIpc) is 3.11. The number of rotatable bonds is 4. The van der Waals surface area contributed by atoms with E-state index in [4.69, 9.17) is 26.8 Å². The molecule has 1 aromatic carbocycles. The summed E-state index contributed by atoms with van der Waals surface area (Å²) in [6.07, 6.45) is 2.56. The van der Waals surface area contributed by atoms with Crippen LogP contribution in [0, 0.1) is 5.92 Å². The molecule has 0 spiro atoms. The minimum Gasteiger partial charge on any atom is -0.454 e. The molecule has 1 fully saturated rings. The lowest BCUT2D eigenvalue weighted by molar-refractivity contribution is -0.116. The van der Waals surface area contributed by atoms with Crippen LogP contribution in [0.1, 0.15) is 19.3 Å². The molecule has 1 aromatic rings. The average molecular weight is 283 g/mol. The molecule has 1 aliphatic heterocycles. The van der Waals surface area contributed by atoms with Crippen LogP contribution >= 0.6 is 11.6 Å². The van der Waals surface area contributed by atoms with E-state index in [1.807, 2.05) is 0 Å². The van der Waals surface area contributed by atoms with Crippen molar-refractivity contribution < 1.29 is 14.3 Å². The molecule has 1 amide bonds. The summed E-state index contributed by atoms with van der Waals surface area (Å²) < 4.78 is 10.5. The Kier molecular flexibility index (Phi) is 3.24. The number of nitrogens with two attached hydrogens (primary N) is 1. The van der Waals surface area contributed by atoms with Crippen LogP contribution in [-0.4, -0.2) is 18.7 Å². The third-order valence-corrected chi connectivity index (χ3v) is 3.70. The molecular formula is C13H15ClN2O3. The quantitative estimate of drug-likeness (QED) is 0.887. The Balaban J connectivity index is 1.67. The smallest absolute Gasteiger partial charge is 0.231 e. The van der Waals surface area contributed by atoms with Crippen molar-refractivity contribution in [3.8, 4) is 11.5 Å². The fourth-order valence-corrected chi connectivity index (χ4v) is 2.32. The second-order valence-electron chi connectivity index (χ2n) is 4.94. The van der Waals surface area contributed by atoms with Gasteiger partial charge in [0, 0.05) is 24.6 Å². The summed E-state index contributed by atoms with van der Waals surface area (Å²) in [5.74, 6) is 1.56. The molecule has 1 aliphatic carbocycles. The Morgan fingerprint density at radius 2 is 2.11 bits per heavy atom. The lowest BCUT2D eigenvalue weighted by atomic mass is 10.1. The first-order chi connectivity index (χ1) is 9.13. The Morgan fingerprint density at radius 3 is 2.79 bits per heavy atom. The monoisotopic (exact) mass is 282 g/mol. The fourth-order valence-electron chi connectivity index (χ4n) is 2.12. The molecule has 0 saturated heterocycles. The Hall–Kier alpha value is -1.46. The van der Waals surface area contributed by atoms with Crippen molar-refractivity contribution >= 4 is 23.2 Å². The molecule has 5 nitrogen and oxygen atoms in total. The van der Waals surface area contributed by atoms with Crippen molar-refractivity contribution in [1.29, 1.82) is 0 Å². The maximum Gasteiger partial charge on any atom is 0.231 e. The largest absolute Gasteiger partial charge is 0.454 e. The van der Waals surface area contributed by atoms with E-state index in [1.54, 1.807) is 12.1 Å². The predicted molar refractivity (Wildman–Crippen MR) is 71.5 cm³/mol. The number of carbonyl (C=O) groups is 1. The number of amides is 1. The topological polar surface area (TPSA) is 73.6 Å². The van der Waals surface area contributed by atoms with E-state index in [0.717, 1.165) is 12.8 Å². The van der Waals surface area contributed by atoms with Crippen LogP contribution in [0.2, 0.25) is 5.02 Å². The molecular weight excluding hydrogens is 268 g/mol. The van der Waals surface area contributed by atoms with E-state index in [0.29, 0.717) is 34.5 Å². The van der Waals surface area contributed by atoms with Gasteiger partial charge in [-0.05, 0) is 18.8 Å². The number of ether oxygens (including phenoxy) is 2. The van der Waals surface area contributed by atoms with Crippen LogP contribution in [0.25, 0.3) is 0 Å². The maximum absolute atomic E-state index is 11.9. The highest BCUT2D eigenvalue weighted by Crippen LogP contribution is 2.39. The zero-order chi connectivity index (χ0) is 13.4. The minimum atomic E-state index is -0.125. The van der Waals surface area contributed by atoms with Crippen LogP contribution < -0.4 is 20.5 Å². The molecule has 102 valence electrons. The van der Waals surface area contributed by atoms with Gasteiger partial charge in [-0.3, -0.25) is 4.79 Å². The summed E-state index contributed by atoms with van der Waals surface area (Å²) in [6.45, 7) is 0.176. The second kappa shape index (κ2) is 4.90. The summed E-state index contributed by atoms with van der Waals surface area (Å²) in [7, 11) is 0. The van der Waals surface area contributed by atoms with Crippen molar-refractivity contribution in [2.24, 2.45) is 11.7 Å². The van der Waals surface area contributed by atoms with Crippen LogP contribution in [0.4, 0.5) is 5.69 Å². The van der Waals surface area contributed by atoms with Crippen molar-refractivity contribution in [3.63, 3.8) is 0 Å². The Morgan fingerprint density at radius 1 is 1.42 bits per heavy atom. The summed E-state index contributed by atoms with van der Waals surface area (Å²) in [6, 6.07) is 3.25. The van der Waals surface area contributed by atoms with Gasteiger partial charge in [0.25, 0.3) is 0 Å². The van der Waals surface area contributed by atoms with E-state index in [9.17, 15) is 4.79 Å². The summed E-state index contributed by atoms with van der Waals surface area (Å²) in [5, 5.41) is 3.20. The van der Waals surface area contributed by atoms with Crippen molar-refractivity contribution in [1.82, 2.24) is 0 Å². The number of halogens is 1. The summed E-state index contributed by atoms with van der Waals surface area (Å²) in [5.41, 5.74) is 6.45. The standard InChI is InChI=1S/C13H15ClN2O3/c14-8-3-11-12(19-6-18-11)5-10(8)16-13(17)4-9(15)7-1-2-7/h3,5,7,9H,1-2,4,6,15H2,(H,16,17). The first-order valence-electron chi connectivity index (χ1n) is 6.28. The molecule has 1 atom stereocenters. The number of hydrogen-bond acceptors (Lipinski definition) is 4. The SMILES string of the molecule is NC(CC(=O)Nc1cc2c(cc1Cl)OCO2)C1CC1. The van der Waals surface area contributed by atoms with Crippen molar-refractivity contribution in [3.05, 3.63) is 17.2 Å². The number of nitrogens with one attached hydrogen (secondary N) is 1. The normalized spacial score (nSPS) is 18.2. The molecule has 19 heavy (non-hydrogen) atoms. The zero-order valence-corrected chi connectivity index (χ0v) is 11.1. The molecule has 1 saturated carbocycles. The van der Waals surface area contributed by atoms with E-state index in [1.165, 1.54) is 0 Å². The van der Waals surface area contributed by atoms with Gasteiger partial charge in [0.15, 0.2) is 11.5 Å². The van der Waals surface area contributed by atoms with Gasteiger partial charge in [-0.2, -0.15) is 0 Å². The number of fused-ring (bicyclic) bond motifs is 1. The molecule has 2 aliphatic rings. The van der Waals surface area contributed by atoms with Gasteiger partial charge >= 0.3 is 0 Å². The van der Waals surface area contributed by atoms with Crippen LogP contribution in [0.5, 0.6) is 11.5 Å². The van der Waals surface area contributed by atoms with Gasteiger partial charge in [0.2, 0.25) is 12.7 Å². The van der Waals surface area contributed by atoms with Gasteiger partial charge in [0.1, 0.15) is 0 Å². The first kappa shape index (κ1) is 12.6. The van der Waals surface area contributed by atoms with E-state index in [-0.39, 0.29) is 18.7 Å². The Bertz CT molecular complexity index is 517. The lowest BCUT2D eigenvalue weighted by Crippen LogP contribution is -2.28. The van der Waals surface area contributed by atoms with Gasteiger partial charge in [-0.15, -0.1) is 0 Å². The third kappa shape index (κ3) is 2.77. The first-order valence-corrected chi connectivity index (χ1v) is 6.66. The van der Waals surface area contributed by atoms with Crippen LogP contribution in [0.15, 0.2) is 12.1 Å². The molecule has 0 aromatic heterocycles. The number of benzene rings is 1. The van der Waals surface area contributed by atoms with Crippen LogP contribution in [-0.2, 0) is 4.79 Å². The van der Waals surface area contributed by atoms with E-state index in [2.05, 4.69) is 5.32 Å². The van der Waals surface area contributed by atoms with Gasteiger partial charge < -0.3 is 20.5 Å². The summed E-state index contributed by atoms with van der Waals surface area (Å²) >= 11 is 6.08. The molecule has 3 rings (SSSR count). The zero-order valence-electron chi connectivity index (χ0n) is 10.3. The van der Waals surface area contributed by atoms with Crippen molar-refractivity contribution in [2.45, 2.75) is 25.3 Å². The van der Waals surface area contributed by atoms with Crippen LogP contribution in [0.3, 0.4) is 0 Å². The van der Waals surface area contributed by atoms with Gasteiger partial charge in [0.05, 0.1) is 10.7 Å². The second-order valence-corrected chi connectivity index (χ2v) is 5.35. The lowest BCUT2D eigenvalue weighted by Gasteiger charge is -2.12. The maximum atomic E-state index is 11.9. The fraction of sp³-hybridized carbons (Fsp3) is 0.462. The minimum absolute atomic E-state index is 0.0622. The molecule has 6 heteroatoms. The van der Waals surface area contributed by atoms with Gasteiger partial charge in [-0.1, -0.05) is 11.6 Å². The highest BCUT2D eigenvalue weighted by atomic mass is 35.5.